The zero-order chi connectivity index (χ0) is 22.9. The highest BCUT2D eigenvalue weighted by Crippen LogP contribution is 2.38. The lowest BCUT2D eigenvalue weighted by atomic mass is 10.0. The van der Waals surface area contributed by atoms with Crippen LogP contribution in [0.3, 0.4) is 0 Å². The maximum absolute atomic E-state index is 13.2. The van der Waals surface area contributed by atoms with Crippen molar-refractivity contribution in [2.75, 3.05) is 13.7 Å². The Morgan fingerprint density at radius 1 is 1.28 bits per heavy atom. The van der Waals surface area contributed by atoms with Crippen molar-refractivity contribution < 1.29 is 22.7 Å². The SMILES string of the molecule is COC(=O)c1c(S(=O)(=O)NCc2cccc(Cl)c2)sc2c1CCN(C(=O)C1CCCC1)C2. The first-order valence-electron chi connectivity index (χ1n) is 10.6. The summed E-state index contributed by atoms with van der Waals surface area (Å²) in [6.45, 7) is 0.833. The number of amides is 1. The Balaban J connectivity index is 1.61. The summed E-state index contributed by atoms with van der Waals surface area (Å²) in [5.74, 6) is -0.495. The molecule has 32 heavy (non-hydrogen) atoms. The zero-order valence-corrected chi connectivity index (χ0v) is 20.1. The van der Waals surface area contributed by atoms with Crippen molar-refractivity contribution in [2.24, 2.45) is 5.92 Å². The molecule has 1 amide bonds. The van der Waals surface area contributed by atoms with Gasteiger partial charge in [0.25, 0.3) is 10.0 Å². The monoisotopic (exact) mass is 496 g/mol. The van der Waals surface area contributed by atoms with E-state index in [1.807, 2.05) is 0 Å². The lowest BCUT2D eigenvalue weighted by Gasteiger charge is -2.29. The van der Waals surface area contributed by atoms with Crippen LogP contribution in [-0.2, 0) is 39.1 Å². The summed E-state index contributed by atoms with van der Waals surface area (Å²) in [5.41, 5.74) is 1.45. The second kappa shape index (κ2) is 9.51. The first-order chi connectivity index (χ1) is 15.3. The van der Waals surface area contributed by atoms with Gasteiger partial charge in [-0.3, -0.25) is 4.79 Å². The Bertz CT molecular complexity index is 1140. The highest BCUT2D eigenvalue weighted by molar-refractivity contribution is 7.91. The van der Waals surface area contributed by atoms with E-state index in [0.717, 1.165) is 41.9 Å². The minimum absolute atomic E-state index is 0.0400. The molecule has 1 aromatic carbocycles. The van der Waals surface area contributed by atoms with Gasteiger partial charge in [-0.05, 0) is 42.5 Å². The summed E-state index contributed by atoms with van der Waals surface area (Å²) in [5, 5.41) is 0.510. The van der Waals surface area contributed by atoms with Gasteiger partial charge in [-0.15, -0.1) is 11.3 Å². The molecule has 2 aliphatic rings. The molecule has 1 aromatic heterocycles. The van der Waals surface area contributed by atoms with E-state index < -0.39 is 16.0 Å². The molecule has 1 aliphatic carbocycles. The molecule has 7 nitrogen and oxygen atoms in total. The predicted molar refractivity (Wildman–Crippen MR) is 122 cm³/mol. The van der Waals surface area contributed by atoms with Crippen LogP contribution in [0.2, 0.25) is 5.02 Å². The van der Waals surface area contributed by atoms with E-state index in [9.17, 15) is 18.0 Å². The Hall–Kier alpha value is -1.94. The van der Waals surface area contributed by atoms with Crippen molar-refractivity contribution in [1.29, 1.82) is 0 Å². The Kier molecular flexibility index (Phi) is 6.90. The Morgan fingerprint density at radius 2 is 2.03 bits per heavy atom. The topological polar surface area (TPSA) is 92.8 Å². The number of hydrogen-bond acceptors (Lipinski definition) is 6. The fraction of sp³-hybridized carbons (Fsp3) is 0.455. The van der Waals surface area contributed by atoms with Crippen LogP contribution in [0, 0.1) is 5.92 Å². The average Bonchev–Trinajstić information content (AvgIpc) is 3.45. The highest BCUT2D eigenvalue weighted by Gasteiger charge is 2.36. The maximum atomic E-state index is 13.2. The molecule has 10 heteroatoms. The van der Waals surface area contributed by atoms with E-state index in [4.69, 9.17) is 16.3 Å². The molecule has 1 aliphatic heterocycles. The van der Waals surface area contributed by atoms with Gasteiger partial charge in [0.05, 0.1) is 19.2 Å². The number of esters is 1. The van der Waals surface area contributed by atoms with Crippen LogP contribution >= 0.6 is 22.9 Å². The lowest BCUT2D eigenvalue weighted by Crippen LogP contribution is -2.39. The van der Waals surface area contributed by atoms with Crippen LogP contribution in [0.4, 0.5) is 0 Å². The molecule has 2 heterocycles. The summed E-state index contributed by atoms with van der Waals surface area (Å²) < 4.78 is 33.7. The summed E-state index contributed by atoms with van der Waals surface area (Å²) in [7, 11) is -2.75. The molecule has 0 radical (unpaired) electrons. The number of ether oxygens (including phenoxy) is 1. The van der Waals surface area contributed by atoms with Crippen LogP contribution in [0.25, 0.3) is 0 Å². The number of benzene rings is 1. The number of thiophene rings is 1. The minimum atomic E-state index is -3.98. The number of sulfonamides is 1. The molecule has 1 N–H and O–H groups in total. The van der Waals surface area contributed by atoms with Gasteiger partial charge in [-0.1, -0.05) is 36.6 Å². The van der Waals surface area contributed by atoms with Crippen molar-refractivity contribution >= 4 is 44.8 Å². The van der Waals surface area contributed by atoms with Gasteiger partial charge < -0.3 is 9.64 Å². The number of rotatable bonds is 6. The largest absolute Gasteiger partial charge is 0.465 e. The highest BCUT2D eigenvalue weighted by atomic mass is 35.5. The molecule has 2 aromatic rings. The van der Waals surface area contributed by atoms with Gasteiger partial charge >= 0.3 is 5.97 Å². The summed E-state index contributed by atoms with van der Waals surface area (Å²) in [6.07, 6.45) is 4.39. The molecule has 0 atom stereocenters. The Labute approximate surface area is 196 Å². The van der Waals surface area contributed by atoms with E-state index in [1.165, 1.54) is 7.11 Å². The predicted octanol–water partition coefficient (Wildman–Crippen LogP) is 3.74. The van der Waals surface area contributed by atoms with Gasteiger partial charge in [-0.2, -0.15) is 0 Å². The molecule has 4 rings (SSSR count). The summed E-state index contributed by atoms with van der Waals surface area (Å²) in [4.78, 5) is 28.0. The number of halogens is 1. The molecular weight excluding hydrogens is 472 g/mol. The van der Waals surface area contributed by atoms with Crippen molar-refractivity contribution in [3.63, 3.8) is 0 Å². The van der Waals surface area contributed by atoms with E-state index >= 15 is 0 Å². The van der Waals surface area contributed by atoms with Gasteiger partial charge in [0.2, 0.25) is 5.91 Å². The van der Waals surface area contributed by atoms with Gasteiger partial charge in [0, 0.05) is 28.9 Å². The minimum Gasteiger partial charge on any atom is -0.465 e. The number of methoxy groups -OCH3 is 1. The fourth-order valence-electron chi connectivity index (χ4n) is 4.39. The Morgan fingerprint density at radius 3 is 2.72 bits per heavy atom. The van der Waals surface area contributed by atoms with Gasteiger partial charge in [0.15, 0.2) is 0 Å². The molecule has 1 saturated carbocycles. The number of hydrogen-bond donors (Lipinski definition) is 1. The van der Waals surface area contributed by atoms with E-state index in [-0.39, 0.29) is 28.1 Å². The first-order valence-corrected chi connectivity index (χ1v) is 13.2. The molecule has 0 spiro atoms. The molecule has 1 fully saturated rings. The van der Waals surface area contributed by atoms with Crippen molar-refractivity contribution in [2.45, 2.75) is 49.4 Å². The first kappa shape index (κ1) is 23.2. The number of carbonyl (C=O) groups excluding carboxylic acids is 2. The number of fused-ring (bicyclic) bond motifs is 1. The average molecular weight is 497 g/mol. The third-order valence-corrected chi connectivity index (χ3v) is 9.40. The molecule has 172 valence electrons. The lowest BCUT2D eigenvalue weighted by molar-refractivity contribution is -0.136. The van der Waals surface area contributed by atoms with Crippen LogP contribution in [-0.4, -0.2) is 38.8 Å². The van der Waals surface area contributed by atoms with Crippen LogP contribution in [0.5, 0.6) is 0 Å². The third-order valence-electron chi connectivity index (χ3n) is 6.03. The summed E-state index contributed by atoms with van der Waals surface area (Å²) in [6, 6.07) is 6.89. The fourth-order valence-corrected chi connectivity index (χ4v) is 7.56. The molecule has 0 unspecified atom stereocenters. The van der Waals surface area contributed by atoms with Crippen LogP contribution < -0.4 is 4.72 Å². The molecule has 0 saturated heterocycles. The number of carbonyl (C=O) groups is 2. The van der Waals surface area contributed by atoms with Crippen molar-refractivity contribution in [3.05, 3.63) is 50.9 Å². The van der Waals surface area contributed by atoms with E-state index in [1.54, 1.807) is 29.2 Å². The number of nitrogens with zero attached hydrogens (tertiary/aromatic N) is 1. The summed E-state index contributed by atoms with van der Waals surface area (Å²) >= 11 is 7.03. The quantitative estimate of drug-likeness (QED) is 0.615. The van der Waals surface area contributed by atoms with Crippen LogP contribution in [0.1, 0.15) is 52.0 Å². The maximum Gasteiger partial charge on any atom is 0.340 e. The zero-order valence-electron chi connectivity index (χ0n) is 17.7. The smallest absolute Gasteiger partial charge is 0.340 e. The standard InChI is InChI=1S/C22H25ClN2O5S2/c1-30-21(27)19-17-9-10-25(20(26)15-6-2-3-7-15)13-18(17)31-22(19)32(28,29)24-12-14-5-4-8-16(23)11-14/h4-5,8,11,15,24H,2-3,6-7,9-10,12-13H2,1H3. The molecular formula is C22H25ClN2O5S2. The second-order valence-corrected chi connectivity index (χ2v) is 11.6. The van der Waals surface area contributed by atoms with E-state index in [2.05, 4.69) is 4.72 Å². The normalized spacial score (nSPS) is 16.8. The van der Waals surface area contributed by atoms with Gasteiger partial charge in [0.1, 0.15) is 4.21 Å². The molecule has 0 bridgehead atoms. The van der Waals surface area contributed by atoms with E-state index in [0.29, 0.717) is 35.7 Å². The third kappa shape index (κ3) is 4.71. The van der Waals surface area contributed by atoms with Crippen molar-refractivity contribution in [1.82, 2.24) is 9.62 Å². The van der Waals surface area contributed by atoms with Gasteiger partial charge in [-0.25, -0.2) is 17.9 Å². The second-order valence-electron chi connectivity index (χ2n) is 8.10. The van der Waals surface area contributed by atoms with Crippen molar-refractivity contribution in [3.8, 4) is 0 Å². The number of nitrogens with one attached hydrogen (secondary N) is 1. The van der Waals surface area contributed by atoms with Crippen LogP contribution in [0.15, 0.2) is 28.5 Å².